The molecule has 0 spiro atoms. The highest BCUT2D eigenvalue weighted by atomic mass is 79.9. The Balaban J connectivity index is 1.32. The summed E-state index contributed by atoms with van der Waals surface area (Å²) in [6, 6.07) is 13.3. The maximum atomic E-state index is 12.6. The summed E-state index contributed by atoms with van der Waals surface area (Å²) in [5, 5.41) is 2.94. The van der Waals surface area contributed by atoms with Gasteiger partial charge in [-0.25, -0.2) is 0 Å². The summed E-state index contributed by atoms with van der Waals surface area (Å²) in [7, 11) is 0. The first-order chi connectivity index (χ1) is 14.1. The molecule has 3 heterocycles. The number of carbonyl (C=O) groups excluding carboxylic acids is 2. The highest BCUT2D eigenvalue weighted by Gasteiger charge is 2.29. The van der Waals surface area contributed by atoms with E-state index in [4.69, 9.17) is 8.83 Å². The molecular formula is C22H21BrN2O4. The number of likely N-dealkylation sites (tertiary alicyclic amines) is 1. The van der Waals surface area contributed by atoms with E-state index in [0.29, 0.717) is 31.0 Å². The summed E-state index contributed by atoms with van der Waals surface area (Å²) in [6.45, 7) is 1.39. The van der Waals surface area contributed by atoms with E-state index in [1.165, 1.54) is 12.5 Å². The lowest BCUT2D eigenvalue weighted by Gasteiger charge is -2.31. The van der Waals surface area contributed by atoms with Gasteiger partial charge in [0.15, 0.2) is 0 Å². The molecule has 2 aromatic heterocycles. The number of hydrogen-bond acceptors (Lipinski definition) is 4. The Labute approximate surface area is 177 Å². The van der Waals surface area contributed by atoms with Crippen molar-refractivity contribution < 1.29 is 18.4 Å². The minimum absolute atomic E-state index is 0.0590. The molecule has 1 fully saturated rings. The number of nitrogens with one attached hydrogen (secondary N) is 1. The van der Waals surface area contributed by atoms with Crippen LogP contribution in [-0.4, -0.2) is 29.8 Å². The minimum Gasteiger partial charge on any atom is -0.472 e. The van der Waals surface area contributed by atoms with Crippen molar-refractivity contribution in [3.63, 3.8) is 0 Å². The molecule has 1 atom stereocenters. The third kappa shape index (κ3) is 4.62. The molecule has 6 nitrogen and oxygen atoms in total. The lowest BCUT2D eigenvalue weighted by atomic mass is 9.96. The molecule has 150 valence electrons. The van der Waals surface area contributed by atoms with E-state index < -0.39 is 0 Å². The Morgan fingerprint density at radius 2 is 1.97 bits per heavy atom. The molecule has 0 unspecified atom stereocenters. The second-order valence-corrected chi connectivity index (χ2v) is 8.01. The standard InChI is InChI=1S/C22H21BrN2O4/c23-18-5-3-15(4-6-18)20-8-7-19(29-20)12-24-21(26)16-2-1-10-25(13-16)22(27)17-9-11-28-14-17/h3-9,11,14,16H,1-2,10,12-13H2,(H,24,26)/t16-/m1/s1. The number of hydrogen-bond donors (Lipinski definition) is 1. The fraction of sp³-hybridized carbons (Fsp3) is 0.273. The number of carbonyl (C=O) groups is 2. The van der Waals surface area contributed by atoms with Crippen LogP contribution in [0.2, 0.25) is 0 Å². The maximum absolute atomic E-state index is 12.6. The average Bonchev–Trinajstić information content (AvgIpc) is 3.44. The van der Waals surface area contributed by atoms with Crippen molar-refractivity contribution in [2.24, 2.45) is 5.92 Å². The molecule has 1 aliphatic rings. The van der Waals surface area contributed by atoms with E-state index in [1.807, 2.05) is 36.4 Å². The molecule has 3 aromatic rings. The smallest absolute Gasteiger partial charge is 0.257 e. The summed E-state index contributed by atoms with van der Waals surface area (Å²) < 4.78 is 11.8. The summed E-state index contributed by atoms with van der Waals surface area (Å²) >= 11 is 3.42. The third-order valence-corrected chi connectivity index (χ3v) is 5.60. The lowest BCUT2D eigenvalue weighted by Crippen LogP contribution is -2.45. The molecule has 1 aromatic carbocycles. The van der Waals surface area contributed by atoms with Crippen LogP contribution in [0.4, 0.5) is 0 Å². The van der Waals surface area contributed by atoms with Crippen molar-refractivity contribution in [1.29, 1.82) is 0 Å². The van der Waals surface area contributed by atoms with Gasteiger partial charge in [-0.1, -0.05) is 28.1 Å². The SMILES string of the molecule is O=C(NCc1ccc(-c2ccc(Br)cc2)o1)[C@@H]1CCCN(C(=O)c2ccoc2)C1. The van der Waals surface area contributed by atoms with Gasteiger partial charge in [0.05, 0.1) is 24.3 Å². The van der Waals surface area contributed by atoms with Crippen molar-refractivity contribution >= 4 is 27.7 Å². The normalized spacial score (nSPS) is 16.6. The number of rotatable bonds is 5. The lowest BCUT2D eigenvalue weighted by molar-refractivity contribution is -0.126. The van der Waals surface area contributed by atoms with Crippen LogP contribution in [0.5, 0.6) is 0 Å². The first kappa shape index (κ1) is 19.5. The molecule has 2 amide bonds. The summed E-state index contributed by atoms with van der Waals surface area (Å²) in [4.78, 5) is 26.8. The first-order valence-corrected chi connectivity index (χ1v) is 10.3. The van der Waals surface area contributed by atoms with Crippen molar-refractivity contribution in [3.8, 4) is 11.3 Å². The zero-order valence-electron chi connectivity index (χ0n) is 15.8. The Morgan fingerprint density at radius 3 is 2.72 bits per heavy atom. The van der Waals surface area contributed by atoms with Crippen LogP contribution in [0.3, 0.4) is 0 Å². The van der Waals surface area contributed by atoms with E-state index in [9.17, 15) is 9.59 Å². The quantitative estimate of drug-likeness (QED) is 0.614. The molecule has 0 aliphatic carbocycles. The van der Waals surface area contributed by atoms with Crippen molar-refractivity contribution in [2.75, 3.05) is 13.1 Å². The van der Waals surface area contributed by atoms with Crippen LogP contribution in [0.25, 0.3) is 11.3 Å². The number of amides is 2. The minimum atomic E-state index is -0.222. The Kier molecular flexibility index (Phi) is 5.85. The zero-order chi connectivity index (χ0) is 20.2. The van der Waals surface area contributed by atoms with Gasteiger partial charge in [-0.3, -0.25) is 9.59 Å². The van der Waals surface area contributed by atoms with Crippen LogP contribution >= 0.6 is 15.9 Å². The van der Waals surface area contributed by atoms with Gasteiger partial charge in [-0.2, -0.15) is 0 Å². The molecular weight excluding hydrogens is 436 g/mol. The monoisotopic (exact) mass is 456 g/mol. The van der Waals surface area contributed by atoms with Crippen LogP contribution in [0, 0.1) is 5.92 Å². The molecule has 1 N–H and O–H groups in total. The van der Waals surface area contributed by atoms with Gasteiger partial charge in [-0.05, 0) is 43.2 Å². The highest BCUT2D eigenvalue weighted by Crippen LogP contribution is 2.24. The zero-order valence-corrected chi connectivity index (χ0v) is 17.4. The number of furan rings is 2. The first-order valence-electron chi connectivity index (χ1n) is 9.54. The van der Waals surface area contributed by atoms with Gasteiger partial charge in [0.2, 0.25) is 5.91 Å². The van der Waals surface area contributed by atoms with Crippen molar-refractivity contribution in [2.45, 2.75) is 19.4 Å². The molecule has 0 radical (unpaired) electrons. The molecule has 4 rings (SSSR count). The van der Waals surface area contributed by atoms with Crippen molar-refractivity contribution in [3.05, 3.63) is 70.8 Å². The maximum Gasteiger partial charge on any atom is 0.257 e. The highest BCUT2D eigenvalue weighted by molar-refractivity contribution is 9.10. The van der Waals surface area contributed by atoms with Gasteiger partial charge in [0, 0.05) is 23.1 Å². The van der Waals surface area contributed by atoms with Gasteiger partial charge >= 0.3 is 0 Å². The predicted molar refractivity (Wildman–Crippen MR) is 111 cm³/mol. The second kappa shape index (κ2) is 8.69. The molecule has 7 heteroatoms. The van der Waals surface area contributed by atoms with Crippen LogP contribution in [0.1, 0.15) is 29.0 Å². The van der Waals surface area contributed by atoms with Crippen molar-refractivity contribution in [1.82, 2.24) is 10.2 Å². The van der Waals surface area contributed by atoms with Crippen LogP contribution in [-0.2, 0) is 11.3 Å². The number of halogens is 1. The Morgan fingerprint density at radius 1 is 1.14 bits per heavy atom. The molecule has 1 aliphatic heterocycles. The van der Waals surface area contributed by atoms with E-state index in [2.05, 4.69) is 21.2 Å². The number of nitrogens with zero attached hydrogens (tertiary/aromatic N) is 1. The molecule has 0 bridgehead atoms. The van der Waals surface area contributed by atoms with E-state index in [0.717, 1.165) is 28.6 Å². The predicted octanol–water partition coefficient (Wildman–Crippen LogP) is 4.47. The van der Waals surface area contributed by atoms with Gasteiger partial charge in [0.1, 0.15) is 17.8 Å². The van der Waals surface area contributed by atoms with Gasteiger partial charge in [0.25, 0.3) is 5.91 Å². The number of piperidine rings is 1. The molecule has 0 saturated carbocycles. The fourth-order valence-corrected chi connectivity index (χ4v) is 3.77. The largest absolute Gasteiger partial charge is 0.472 e. The summed E-state index contributed by atoms with van der Waals surface area (Å²) in [5.74, 6) is 1.08. The Hall–Kier alpha value is -2.80. The summed E-state index contributed by atoms with van der Waals surface area (Å²) in [5.41, 5.74) is 1.49. The van der Waals surface area contributed by atoms with Gasteiger partial charge < -0.3 is 19.1 Å². The van der Waals surface area contributed by atoms with E-state index in [1.54, 1.807) is 11.0 Å². The fourth-order valence-electron chi connectivity index (χ4n) is 3.51. The molecule has 29 heavy (non-hydrogen) atoms. The topological polar surface area (TPSA) is 75.7 Å². The third-order valence-electron chi connectivity index (χ3n) is 5.07. The number of benzene rings is 1. The Bertz CT molecular complexity index is 979. The average molecular weight is 457 g/mol. The second-order valence-electron chi connectivity index (χ2n) is 7.09. The van der Waals surface area contributed by atoms with E-state index >= 15 is 0 Å². The summed E-state index contributed by atoms with van der Waals surface area (Å²) in [6.07, 6.45) is 4.48. The van der Waals surface area contributed by atoms with E-state index in [-0.39, 0.29) is 17.7 Å². The van der Waals surface area contributed by atoms with Crippen LogP contribution < -0.4 is 5.32 Å². The molecule has 1 saturated heterocycles. The van der Waals surface area contributed by atoms with Gasteiger partial charge in [-0.15, -0.1) is 0 Å². The van der Waals surface area contributed by atoms with Crippen LogP contribution in [0.15, 0.2) is 68.3 Å².